The van der Waals surface area contributed by atoms with Gasteiger partial charge in [0.25, 0.3) is 0 Å². The predicted octanol–water partition coefficient (Wildman–Crippen LogP) is 2.31. The van der Waals surface area contributed by atoms with E-state index in [1.165, 1.54) is 11.6 Å². The second-order valence-electron chi connectivity index (χ2n) is 5.12. The monoisotopic (exact) mass is 494 g/mol. The SMILES string of the molecule is CCNC(=NCc1ccc(S(N)(=O)=O)s1)NCCc1ccccc1.I. The van der Waals surface area contributed by atoms with Crippen molar-refractivity contribution in [3.8, 4) is 0 Å². The van der Waals surface area contributed by atoms with Crippen LogP contribution in [0.5, 0.6) is 0 Å². The van der Waals surface area contributed by atoms with E-state index < -0.39 is 10.0 Å². The zero-order valence-corrected chi connectivity index (χ0v) is 17.9. The molecule has 0 fully saturated rings. The molecular formula is C16H23IN4O2S2. The largest absolute Gasteiger partial charge is 0.357 e. The number of guanidine groups is 1. The number of rotatable bonds is 7. The number of aliphatic imine (C=N–C) groups is 1. The van der Waals surface area contributed by atoms with Crippen molar-refractivity contribution in [3.05, 3.63) is 52.9 Å². The van der Waals surface area contributed by atoms with Gasteiger partial charge in [-0.3, -0.25) is 0 Å². The maximum absolute atomic E-state index is 11.3. The molecule has 0 aliphatic heterocycles. The van der Waals surface area contributed by atoms with Crippen molar-refractivity contribution in [1.82, 2.24) is 10.6 Å². The van der Waals surface area contributed by atoms with Crippen molar-refractivity contribution in [2.24, 2.45) is 10.1 Å². The lowest BCUT2D eigenvalue weighted by molar-refractivity contribution is 0.600. The van der Waals surface area contributed by atoms with Gasteiger partial charge in [0.05, 0.1) is 6.54 Å². The number of sulfonamides is 1. The molecule has 4 N–H and O–H groups in total. The van der Waals surface area contributed by atoms with Crippen molar-refractivity contribution in [1.29, 1.82) is 0 Å². The van der Waals surface area contributed by atoms with Gasteiger partial charge in [-0.05, 0) is 31.0 Å². The molecule has 2 aromatic rings. The van der Waals surface area contributed by atoms with Crippen molar-refractivity contribution < 1.29 is 8.42 Å². The molecule has 1 aromatic heterocycles. The Kier molecular flexibility index (Phi) is 9.39. The Balaban J connectivity index is 0.00000312. The first-order valence-corrected chi connectivity index (χ1v) is 10.0. The fourth-order valence-corrected chi connectivity index (χ4v) is 3.77. The van der Waals surface area contributed by atoms with Gasteiger partial charge in [-0.1, -0.05) is 30.3 Å². The number of thiophene rings is 1. The van der Waals surface area contributed by atoms with Gasteiger partial charge in [-0.25, -0.2) is 18.5 Å². The second kappa shape index (κ2) is 10.7. The van der Waals surface area contributed by atoms with Crippen LogP contribution in [0.2, 0.25) is 0 Å². The number of nitrogens with two attached hydrogens (primary N) is 1. The summed E-state index contributed by atoms with van der Waals surface area (Å²) in [5, 5.41) is 11.6. The average molecular weight is 494 g/mol. The summed E-state index contributed by atoms with van der Waals surface area (Å²) in [6.45, 7) is 3.92. The molecule has 1 heterocycles. The second-order valence-corrected chi connectivity index (χ2v) is 8.08. The molecule has 0 bridgehead atoms. The number of nitrogens with zero attached hydrogens (tertiary/aromatic N) is 1. The van der Waals surface area contributed by atoms with E-state index in [1.54, 1.807) is 6.07 Å². The summed E-state index contributed by atoms with van der Waals surface area (Å²) in [4.78, 5) is 5.33. The fraction of sp³-hybridized carbons (Fsp3) is 0.312. The molecule has 1 aromatic carbocycles. The van der Waals surface area contributed by atoms with Crippen LogP contribution in [0.4, 0.5) is 0 Å². The molecule has 138 valence electrons. The van der Waals surface area contributed by atoms with E-state index in [-0.39, 0.29) is 28.2 Å². The van der Waals surface area contributed by atoms with Gasteiger partial charge in [-0.2, -0.15) is 0 Å². The fourth-order valence-electron chi connectivity index (χ4n) is 2.06. The molecule has 0 aliphatic rings. The van der Waals surface area contributed by atoms with E-state index in [0.717, 1.165) is 35.7 Å². The minimum Gasteiger partial charge on any atom is -0.357 e. The Morgan fingerprint density at radius 1 is 1.16 bits per heavy atom. The maximum Gasteiger partial charge on any atom is 0.247 e. The van der Waals surface area contributed by atoms with Crippen LogP contribution in [0, 0.1) is 0 Å². The van der Waals surface area contributed by atoms with E-state index in [2.05, 4.69) is 27.8 Å². The molecule has 0 unspecified atom stereocenters. The highest BCUT2D eigenvalue weighted by Crippen LogP contribution is 2.20. The summed E-state index contributed by atoms with van der Waals surface area (Å²) < 4.78 is 22.7. The van der Waals surface area contributed by atoms with Crippen LogP contribution in [0.3, 0.4) is 0 Å². The molecule has 0 spiro atoms. The molecule has 0 amide bonds. The van der Waals surface area contributed by atoms with Crippen LogP contribution in [0.15, 0.2) is 51.7 Å². The third-order valence-electron chi connectivity index (χ3n) is 3.20. The molecule has 6 nitrogen and oxygen atoms in total. The summed E-state index contributed by atoms with van der Waals surface area (Å²) >= 11 is 1.15. The lowest BCUT2D eigenvalue weighted by atomic mass is 10.1. The topological polar surface area (TPSA) is 96.6 Å². The number of primary sulfonamides is 1. The van der Waals surface area contributed by atoms with Crippen molar-refractivity contribution in [3.63, 3.8) is 0 Å². The number of hydrogen-bond acceptors (Lipinski definition) is 4. The minimum absolute atomic E-state index is 0. The summed E-state index contributed by atoms with van der Waals surface area (Å²) in [5.41, 5.74) is 1.26. The molecule has 0 radical (unpaired) electrons. The first-order valence-electron chi connectivity index (χ1n) is 7.66. The molecule has 0 saturated heterocycles. The van der Waals surface area contributed by atoms with E-state index in [4.69, 9.17) is 5.14 Å². The highest BCUT2D eigenvalue weighted by atomic mass is 127. The Morgan fingerprint density at radius 2 is 1.88 bits per heavy atom. The predicted molar refractivity (Wildman–Crippen MR) is 114 cm³/mol. The Hall–Kier alpha value is -1.17. The Labute approximate surface area is 170 Å². The van der Waals surface area contributed by atoms with Gasteiger partial charge < -0.3 is 10.6 Å². The summed E-state index contributed by atoms with van der Waals surface area (Å²) in [5.74, 6) is 0.707. The first-order chi connectivity index (χ1) is 11.5. The Morgan fingerprint density at radius 3 is 2.48 bits per heavy atom. The summed E-state index contributed by atoms with van der Waals surface area (Å²) in [7, 11) is -3.64. The van der Waals surface area contributed by atoms with Gasteiger partial charge in [-0.15, -0.1) is 35.3 Å². The van der Waals surface area contributed by atoms with Crippen LogP contribution in [0.1, 0.15) is 17.4 Å². The molecule has 9 heteroatoms. The molecular weight excluding hydrogens is 471 g/mol. The standard InChI is InChI=1S/C16H22N4O2S2.HI/c1-2-18-16(19-11-10-13-6-4-3-5-7-13)20-12-14-8-9-15(23-14)24(17,21)22;/h3-9H,2,10-12H2,1H3,(H2,17,21,22)(H2,18,19,20);1H. The number of nitrogens with one attached hydrogen (secondary N) is 2. The van der Waals surface area contributed by atoms with Crippen LogP contribution < -0.4 is 15.8 Å². The molecule has 25 heavy (non-hydrogen) atoms. The van der Waals surface area contributed by atoms with Crippen molar-refractivity contribution in [2.45, 2.75) is 24.1 Å². The van der Waals surface area contributed by atoms with E-state index in [9.17, 15) is 8.42 Å². The maximum atomic E-state index is 11.3. The van der Waals surface area contributed by atoms with Gasteiger partial charge in [0.1, 0.15) is 4.21 Å². The quantitative estimate of drug-likeness (QED) is 0.313. The minimum atomic E-state index is -3.64. The highest BCUT2D eigenvalue weighted by molar-refractivity contribution is 14.0. The first kappa shape index (κ1) is 21.9. The molecule has 0 saturated carbocycles. The Bertz CT molecular complexity index is 776. The molecule has 0 aliphatic carbocycles. The number of benzene rings is 1. The van der Waals surface area contributed by atoms with Crippen molar-refractivity contribution in [2.75, 3.05) is 13.1 Å². The normalized spacial score (nSPS) is 11.7. The van der Waals surface area contributed by atoms with E-state index in [0.29, 0.717) is 12.5 Å². The average Bonchev–Trinajstić information content (AvgIpc) is 3.03. The van der Waals surface area contributed by atoms with Gasteiger partial charge in [0.15, 0.2) is 5.96 Å². The summed E-state index contributed by atoms with van der Waals surface area (Å²) in [6, 6.07) is 13.5. The van der Waals surface area contributed by atoms with E-state index in [1.807, 2.05) is 25.1 Å². The molecule has 0 atom stereocenters. The lowest BCUT2D eigenvalue weighted by Crippen LogP contribution is -2.38. The van der Waals surface area contributed by atoms with Crippen LogP contribution >= 0.6 is 35.3 Å². The van der Waals surface area contributed by atoms with Crippen LogP contribution in [0.25, 0.3) is 0 Å². The van der Waals surface area contributed by atoms with E-state index >= 15 is 0 Å². The zero-order valence-electron chi connectivity index (χ0n) is 13.9. The van der Waals surface area contributed by atoms with Gasteiger partial charge in [0.2, 0.25) is 10.0 Å². The zero-order chi connectivity index (χ0) is 17.4. The third-order valence-corrected chi connectivity index (χ3v) is 5.71. The van der Waals surface area contributed by atoms with Gasteiger partial charge in [0, 0.05) is 18.0 Å². The van der Waals surface area contributed by atoms with Crippen LogP contribution in [-0.2, 0) is 23.0 Å². The van der Waals surface area contributed by atoms with Crippen LogP contribution in [-0.4, -0.2) is 27.5 Å². The third kappa shape index (κ3) is 7.72. The highest BCUT2D eigenvalue weighted by Gasteiger charge is 2.10. The number of halogens is 1. The number of hydrogen-bond donors (Lipinski definition) is 3. The lowest BCUT2D eigenvalue weighted by Gasteiger charge is -2.11. The van der Waals surface area contributed by atoms with Crippen molar-refractivity contribution >= 4 is 51.3 Å². The smallest absolute Gasteiger partial charge is 0.247 e. The summed E-state index contributed by atoms with van der Waals surface area (Å²) in [6.07, 6.45) is 0.903. The van der Waals surface area contributed by atoms with Gasteiger partial charge >= 0.3 is 0 Å². The molecule has 2 rings (SSSR count).